The van der Waals surface area contributed by atoms with E-state index in [0.717, 1.165) is 16.8 Å². The Kier molecular flexibility index (Phi) is 2.19. The molecule has 0 amide bonds. The number of aromatic nitrogens is 1. The lowest BCUT2D eigenvalue weighted by Crippen LogP contribution is -1.86. The van der Waals surface area contributed by atoms with Crippen molar-refractivity contribution in [1.82, 2.24) is 4.98 Å². The van der Waals surface area contributed by atoms with Gasteiger partial charge in [0.25, 0.3) is 0 Å². The van der Waals surface area contributed by atoms with Crippen LogP contribution in [0.2, 0.25) is 0 Å². The van der Waals surface area contributed by atoms with Crippen molar-refractivity contribution in [1.29, 1.82) is 0 Å². The van der Waals surface area contributed by atoms with Crippen molar-refractivity contribution in [2.75, 3.05) is 0 Å². The Hall–Kier alpha value is -1.83. The van der Waals surface area contributed by atoms with Gasteiger partial charge in [0.1, 0.15) is 5.75 Å². The minimum Gasteiger partial charge on any atom is -0.507 e. The van der Waals surface area contributed by atoms with Crippen molar-refractivity contribution >= 4 is 0 Å². The summed E-state index contributed by atoms with van der Waals surface area (Å²) in [5, 5.41) is 9.70. The van der Waals surface area contributed by atoms with Crippen molar-refractivity contribution in [2.24, 2.45) is 0 Å². The Morgan fingerprint density at radius 2 is 1.93 bits per heavy atom. The maximum Gasteiger partial charge on any atom is 0.125 e. The van der Waals surface area contributed by atoms with Crippen LogP contribution in [0, 0.1) is 6.92 Å². The molecule has 70 valence electrons. The van der Waals surface area contributed by atoms with Crippen LogP contribution in [0.1, 0.15) is 5.56 Å². The number of aryl methyl sites for hydroxylation is 1. The van der Waals surface area contributed by atoms with Gasteiger partial charge < -0.3 is 5.11 Å². The molecule has 2 rings (SSSR count). The number of hydrogen-bond donors (Lipinski definition) is 1. The van der Waals surface area contributed by atoms with Gasteiger partial charge in [-0.25, -0.2) is 0 Å². The molecule has 0 aliphatic heterocycles. The number of hydrogen-bond acceptors (Lipinski definition) is 2. The number of pyridine rings is 1. The fraction of sp³-hybridized carbons (Fsp3) is 0.0833. The molecule has 0 atom stereocenters. The lowest BCUT2D eigenvalue weighted by Gasteiger charge is -2.06. The molecule has 0 aliphatic rings. The van der Waals surface area contributed by atoms with E-state index in [4.69, 9.17) is 0 Å². The summed E-state index contributed by atoms with van der Waals surface area (Å²) < 4.78 is 0. The van der Waals surface area contributed by atoms with Gasteiger partial charge in [0.2, 0.25) is 0 Å². The average molecular weight is 185 g/mol. The van der Waals surface area contributed by atoms with Crippen LogP contribution >= 0.6 is 0 Å². The molecule has 1 aromatic heterocycles. The molecule has 0 unspecified atom stereocenters. The van der Waals surface area contributed by atoms with Crippen LogP contribution in [0.3, 0.4) is 0 Å². The monoisotopic (exact) mass is 185 g/mol. The minimum atomic E-state index is 0.281. The molecule has 1 heterocycles. The third-order valence-electron chi connectivity index (χ3n) is 2.17. The summed E-state index contributed by atoms with van der Waals surface area (Å²) in [4.78, 5) is 4.21. The van der Waals surface area contributed by atoms with Crippen molar-refractivity contribution in [3.8, 4) is 17.0 Å². The average Bonchev–Trinajstić information content (AvgIpc) is 2.19. The zero-order valence-corrected chi connectivity index (χ0v) is 7.94. The molecule has 0 saturated carbocycles. The molecule has 14 heavy (non-hydrogen) atoms. The number of aromatic hydroxyl groups is 1. The summed E-state index contributed by atoms with van der Waals surface area (Å²) in [5.74, 6) is 0.281. The van der Waals surface area contributed by atoms with Crippen LogP contribution in [0.25, 0.3) is 11.3 Å². The molecule has 0 fully saturated rings. The smallest absolute Gasteiger partial charge is 0.125 e. The number of rotatable bonds is 1. The molecule has 0 bridgehead atoms. The highest BCUT2D eigenvalue weighted by molar-refractivity contribution is 5.70. The summed E-state index contributed by atoms with van der Waals surface area (Å²) in [6, 6.07) is 11.1. The number of nitrogens with zero attached hydrogens (tertiary/aromatic N) is 1. The molecule has 1 N–H and O–H groups in total. The summed E-state index contributed by atoms with van der Waals surface area (Å²) in [5.41, 5.74) is 2.65. The summed E-state index contributed by atoms with van der Waals surface area (Å²) in [7, 11) is 0. The highest BCUT2D eigenvalue weighted by Gasteiger charge is 2.06. The first-order valence-corrected chi connectivity index (χ1v) is 4.49. The topological polar surface area (TPSA) is 33.1 Å². The standard InChI is InChI=1S/C12H11NO/c1-9-5-4-7-11(14)12(9)10-6-2-3-8-13-10/h2-8,14H,1H3. The first-order chi connectivity index (χ1) is 6.79. The van der Waals surface area contributed by atoms with Gasteiger partial charge in [-0.1, -0.05) is 18.2 Å². The van der Waals surface area contributed by atoms with Crippen molar-refractivity contribution in [3.63, 3.8) is 0 Å². The second-order valence-corrected chi connectivity index (χ2v) is 3.18. The highest BCUT2D eigenvalue weighted by Crippen LogP contribution is 2.30. The van der Waals surface area contributed by atoms with Crippen molar-refractivity contribution in [2.45, 2.75) is 6.92 Å². The number of benzene rings is 1. The molecule has 1 aromatic carbocycles. The third kappa shape index (κ3) is 1.46. The molecule has 0 aliphatic carbocycles. The van der Waals surface area contributed by atoms with Crippen LogP contribution in [0.4, 0.5) is 0 Å². The van der Waals surface area contributed by atoms with E-state index in [1.807, 2.05) is 37.3 Å². The van der Waals surface area contributed by atoms with Crippen LogP contribution in [0.5, 0.6) is 5.75 Å². The minimum absolute atomic E-state index is 0.281. The quantitative estimate of drug-likeness (QED) is 0.741. The van der Waals surface area contributed by atoms with E-state index in [1.165, 1.54) is 0 Å². The predicted octanol–water partition coefficient (Wildman–Crippen LogP) is 2.76. The third-order valence-corrected chi connectivity index (χ3v) is 2.17. The highest BCUT2D eigenvalue weighted by atomic mass is 16.3. The molecule has 0 radical (unpaired) electrons. The Bertz CT molecular complexity index is 417. The lowest BCUT2D eigenvalue weighted by atomic mass is 10.0. The van der Waals surface area contributed by atoms with Gasteiger partial charge in [-0.2, -0.15) is 0 Å². The zero-order valence-electron chi connectivity index (χ0n) is 7.94. The SMILES string of the molecule is Cc1cccc(O)c1-c1ccccn1. The number of phenols is 1. The van der Waals surface area contributed by atoms with Gasteiger partial charge in [0.05, 0.1) is 5.69 Å². The summed E-state index contributed by atoms with van der Waals surface area (Å²) >= 11 is 0. The van der Waals surface area contributed by atoms with Gasteiger partial charge in [-0.05, 0) is 30.7 Å². The van der Waals surface area contributed by atoms with E-state index in [1.54, 1.807) is 12.3 Å². The molecular formula is C12H11NO. The molecule has 2 nitrogen and oxygen atoms in total. The Morgan fingerprint density at radius 1 is 1.07 bits per heavy atom. The first-order valence-electron chi connectivity index (χ1n) is 4.49. The summed E-state index contributed by atoms with van der Waals surface area (Å²) in [6.07, 6.45) is 1.72. The molecule has 2 heteroatoms. The first kappa shape index (κ1) is 8.75. The fourth-order valence-corrected chi connectivity index (χ4v) is 1.50. The Morgan fingerprint density at radius 3 is 2.57 bits per heavy atom. The fourth-order valence-electron chi connectivity index (χ4n) is 1.50. The normalized spacial score (nSPS) is 10.1. The molecule has 0 saturated heterocycles. The second-order valence-electron chi connectivity index (χ2n) is 3.18. The van der Waals surface area contributed by atoms with E-state index >= 15 is 0 Å². The van der Waals surface area contributed by atoms with Gasteiger partial charge in [0.15, 0.2) is 0 Å². The maximum atomic E-state index is 9.70. The predicted molar refractivity (Wildman–Crippen MR) is 56.1 cm³/mol. The second kappa shape index (κ2) is 3.50. The maximum absolute atomic E-state index is 9.70. The van der Waals surface area contributed by atoms with Crippen LogP contribution in [0.15, 0.2) is 42.6 Å². The van der Waals surface area contributed by atoms with E-state index in [9.17, 15) is 5.11 Å². The van der Waals surface area contributed by atoms with Gasteiger partial charge in [-0.3, -0.25) is 4.98 Å². The van der Waals surface area contributed by atoms with Gasteiger partial charge >= 0.3 is 0 Å². The zero-order chi connectivity index (χ0) is 9.97. The van der Waals surface area contributed by atoms with Crippen molar-refractivity contribution in [3.05, 3.63) is 48.2 Å². The van der Waals surface area contributed by atoms with Gasteiger partial charge in [-0.15, -0.1) is 0 Å². The van der Waals surface area contributed by atoms with E-state index in [0.29, 0.717) is 0 Å². The van der Waals surface area contributed by atoms with Crippen molar-refractivity contribution < 1.29 is 5.11 Å². The lowest BCUT2D eigenvalue weighted by molar-refractivity contribution is 0.477. The van der Waals surface area contributed by atoms with Gasteiger partial charge in [0, 0.05) is 11.8 Å². The Balaban J connectivity index is 2.63. The van der Waals surface area contributed by atoms with Crippen LogP contribution in [-0.2, 0) is 0 Å². The van der Waals surface area contributed by atoms with E-state index < -0.39 is 0 Å². The van der Waals surface area contributed by atoms with Crippen LogP contribution < -0.4 is 0 Å². The Labute approximate surface area is 82.9 Å². The molecule has 0 spiro atoms. The molecule has 2 aromatic rings. The van der Waals surface area contributed by atoms with E-state index in [2.05, 4.69) is 4.98 Å². The number of phenolic OH excluding ortho intramolecular Hbond substituents is 1. The summed E-state index contributed by atoms with van der Waals surface area (Å²) in [6.45, 7) is 1.96. The molecular weight excluding hydrogens is 174 g/mol. The largest absolute Gasteiger partial charge is 0.507 e. The van der Waals surface area contributed by atoms with E-state index in [-0.39, 0.29) is 5.75 Å². The van der Waals surface area contributed by atoms with Crippen LogP contribution in [-0.4, -0.2) is 10.1 Å².